The van der Waals surface area contributed by atoms with Crippen LogP contribution in [0.4, 0.5) is 0 Å². The van der Waals surface area contributed by atoms with Gasteiger partial charge in [0.05, 0.1) is 0 Å². The first-order valence-corrected chi connectivity index (χ1v) is 1.51. The largest absolute Gasteiger partial charge is 0.408 e. The van der Waals surface area contributed by atoms with E-state index in [9.17, 15) is 0 Å². The van der Waals surface area contributed by atoms with Gasteiger partial charge in [0.1, 0.15) is 0 Å². The highest BCUT2D eigenvalue weighted by Crippen LogP contribution is 1.56. The monoisotopic (exact) mass is 102 g/mol. The molecule has 0 aliphatic rings. The fourth-order valence-corrected chi connectivity index (χ4v) is 0.192. The predicted molar refractivity (Wildman–Crippen MR) is 15.8 cm³/mol. The van der Waals surface area contributed by atoms with Crippen molar-refractivity contribution in [2.45, 2.75) is 0 Å². The Morgan fingerprint density at radius 2 is 1.57 bits per heavy atom. The molecule has 0 saturated carbocycles. The molecule has 1 rings (SSSR count). The molecule has 0 saturated heterocycles. The molecule has 0 unspecified atom stereocenters. The highest BCUT2D eigenvalue weighted by molar-refractivity contribution is 4.60. The lowest BCUT2D eigenvalue weighted by Gasteiger charge is -1.48. The average molecular weight is 102 g/mol. The van der Waals surface area contributed by atoms with E-state index in [1.165, 1.54) is 0 Å². The van der Waals surface area contributed by atoms with Crippen LogP contribution in [0.15, 0.2) is 14.7 Å². The summed E-state index contributed by atoms with van der Waals surface area (Å²) in [5, 5.41) is 20.7. The van der Waals surface area contributed by atoms with Crippen LogP contribution >= 0.6 is 0 Å². The molecule has 1 aromatic heterocycles. The van der Waals surface area contributed by atoms with Gasteiger partial charge in [-0.2, -0.15) is 0 Å². The number of rotatable bonds is 0. The summed E-state index contributed by atoms with van der Waals surface area (Å²) in [6.45, 7) is 0. The molecule has 0 aliphatic carbocycles. The summed E-state index contributed by atoms with van der Waals surface area (Å²) in [5.41, 5.74) is -0.0509. The minimum atomic E-state index is -0.0255. The standard InChI is InChI=1S/C2H2N2O3/c5-3-1-2(4-6)7-1/h5-6H/b3-1-,4-2-. The molecule has 5 nitrogen and oxygen atoms in total. The molecule has 0 aromatic carbocycles. The molecule has 0 spiro atoms. The summed E-state index contributed by atoms with van der Waals surface area (Å²) in [5.74, 6) is 0. The maximum absolute atomic E-state index is 7.78. The Labute approximate surface area is 37.5 Å². The Kier molecular flexibility index (Phi) is 0.619. The average Bonchev–Trinajstić information content (AvgIpc) is 2.43. The summed E-state index contributed by atoms with van der Waals surface area (Å²) in [4.78, 5) is 0. The molecule has 0 aliphatic heterocycles. The van der Waals surface area contributed by atoms with Crippen LogP contribution in [0.5, 0.6) is 0 Å². The summed E-state index contributed by atoms with van der Waals surface area (Å²) >= 11 is 0. The molecule has 0 atom stereocenters. The van der Waals surface area contributed by atoms with Gasteiger partial charge in [0, 0.05) is 0 Å². The third kappa shape index (κ3) is 0.466. The maximum atomic E-state index is 7.78. The Bertz CT molecular complexity index is 201. The minimum absolute atomic E-state index is 0.0255. The molecular weight excluding hydrogens is 100 g/mol. The topological polar surface area (TPSA) is 78.3 Å². The quantitative estimate of drug-likeness (QED) is 0.317. The van der Waals surface area contributed by atoms with Crippen molar-refractivity contribution in [2.24, 2.45) is 10.3 Å². The fraction of sp³-hybridized carbons (Fsp3) is 0. The normalized spacial score (nSPS) is 16.6. The van der Waals surface area contributed by atoms with E-state index in [1.807, 2.05) is 0 Å². The van der Waals surface area contributed by atoms with Crippen molar-refractivity contribution in [1.29, 1.82) is 0 Å². The van der Waals surface area contributed by atoms with Crippen molar-refractivity contribution in [3.8, 4) is 0 Å². The first-order chi connectivity index (χ1) is 3.38. The third-order valence-corrected chi connectivity index (χ3v) is 0.516. The lowest BCUT2D eigenvalue weighted by atomic mass is 11.0. The third-order valence-electron chi connectivity index (χ3n) is 0.516. The van der Waals surface area contributed by atoms with Crippen LogP contribution in [0.2, 0.25) is 0 Å². The fourth-order valence-electron chi connectivity index (χ4n) is 0.192. The van der Waals surface area contributed by atoms with Gasteiger partial charge in [0.15, 0.2) is 0 Å². The smallest absolute Gasteiger partial charge is 0.324 e. The highest BCUT2D eigenvalue weighted by Gasteiger charge is 2.00. The molecule has 1 heterocycles. The lowest BCUT2D eigenvalue weighted by Crippen LogP contribution is -1.96. The molecule has 0 amide bonds. The first-order valence-electron chi connectivity index (χ1n) is 1.51. The SMILES string of the molecule is O/N=c1\o\c1=N/O. The molecule has 0 radical (unpaired) electrons. The summed E-state index contributed by atoms with van der Waals surface area (Å²) in [6.07, 6.45) is 0. The second-order valence-electron chi connectivity index (χ2n) is 0.912. The Hall–Kier alpha value is -1.26. The Morgan fingerprint density at radius 3 is 1.71 bits per heavy atom. The summed E-state index contributed by atoms with van der Waals surface area (Å²) in [6, 6.07) is 0. The van der Waals surface area contributed by atoms with Crippen LogP contribution in [0.3, 0.4) is 0 Å². The Balaban J connectivity index is 3.11. The van der Waals surface area contributed by atoms with Gasteiger partial charge < -0.3 is 14.8 Å². The van der Waals surface area contributed by atoms with E-state index in [4.69, 9.17) is 10.4 Å². The lowest BCUT2D eigenvalue weighted by molar-refractivity contribution is 0.293. The van der Waals surface area contributed by atoms with E-state index in [1.54, 1.807) is 0 Å². The summed E-state index contributed by atoms with van der Waals surface area (Å²) in [7, 11) is 0. The van der Waals surface area contributed by atoms with Crippen molar-refractivity contribution >= 4 is 0 Å². The van der Waals surface area contributed by atoms with Crippen LogP contribution < -0.4 is 11.1 Å². The van der Waals surface area contributed by atoms with Crippen LogP contribution in [-0.4, -0.2) is 10.4 Å². The van der Waals surface area contributed by atoms with Gasteiger partial charge in [-0.3, -0.25) is 0 Å². The van der Waals surface area contributed by atoms with Gasteiger partial charge in [-0.05, 0) is 10.3 Å². The second-order valence-corrected chi connectivity index (χ2v) is 0.912. The number of hydrogen-bond donors (Lipinski definition) is 2. The van der Waals surface area contributed by atoms with Gasteiger partial charge in [0.2, 0.25) is 0 Å². The van der Waals surface area contributed by atoms with Crippen molar-refractivity contribution in [3.05, 3.63) is 11.1 Å². The molecule has 7 heavy (non-hydrogen) atoms. The second kappa shape index (κ2) is 1.11. The molecule has 0 fully saturated rings. The zero-order valence-electron chi connectivity index (χ0n) is 3.20. The van der Waals surface area contributed by atoms with Gasteiger partial charge in [-0.1, -0.05) is 0 Å². The van der Waals surface area contributed by atoms with E-state index >= 15 is 0 Å². The number of hydrogen-bond acceptors (Lipinski definition) is 5. The molecule has 5 heteroatoms. The molecule has 1 aromatic rings. The first kappa shape index (κ1) is 3.91. The van der Waals surface area contributed by atoms with Crippen molar-refractivity contribution in [2.75, 3.05) is 0 Å². The maximum Gasteiger partial charge on any atom is 0.324 e. The van der Waals surface area contributed by atoms with Gasteiger partial charge in [0.25, 0.3) is 0 Å². The van der Waals surface area contributed by atoms with Gasteiger partial charge in [-0.25, -0.2) is 0 Å². The van der Waals surface area contributed by atoms with E-state index in [2.05, 4.69) is 14.7 Å². The minimum Gasteiger partial charge on any atom is -0.408 e. The van der Waals surface area contributed by atoms with Crippen LogP contribution in [0.25, 0.3) is 0 Å². The zero-order chi connectivity index (χ0) is 5.28. The molecule has 38 valence electrons. The number of nitrogens with zero attached hydrogens (tertiary/aromatic N) is 2. The van der Waals surface area contributed by atoms with Crippen LogP contribution in [-0.2, 0) is 0 Å². The zero-order valence-corrected chi connectivity index (χ0v) is 3.20. The molecular formula is C2H2N2O3. The van der Waals surface area contributed by atoms with Crippen LogP contribution in [0, 0.1) is 0 Å². The summed E-state index contributed by atoms with van der Waals surface area (Å²) < 4.78 is 4.22. The van der Waals surface area contributed by atoms with Crippen LogP contribution in [0.1, 0.15) is 0 Å². The highest BCUT2D eigenvalue weighted by atomic mass is 16.5. The Morgan fingerprint density at radius 1 is 1.14 bits per heavy atom. The van der Waals surface area contributed by atoms with E-state index in [0.717, 1.165) is 0 Å². The van der Waals surface area contributed by atoms with Crippen molar-refractivity contribution < 1.29 is 14.8 Å². The van der Waals surface area contributed by atoms with Crippen molar-refractivity contribution in [3.63, 3.8) is 0 Å². The molecule has 0 bridgehead atoms. The van der Waals surface area contributed by atoms with E-state index < -0.39 is 0 Å². The van der Waals surface area contributed by atoms with E-state index in [-0.39, 0.29) is 11.1 Å². The van der Waals surface area contributed by atoms with Gasteiger partial charge in [-0.15, -0.1) is 0 Å². The molecule has 2 N–H and O–H groups in total. The van der Waals surface area contributed by atoms with Crippen molar-refractivity contribution in [1.82, 2.24) is 0 Å². The van der Waals surface area contributed by atoms with Gasteiger partial charge >= 0.3 is 11.1 Å². The predicted octanol–water partition coefficient (Wildman–Crippen LogP) is -1.27. The van der Waals surface area contributed by atoms with E-state index in [0.29, 0.717) is 0 Å².